The lowest BCUT2D eigenvalue weighted by Gasteiger charge is -2.29. The van der Waals surface area contributed by atoms with Crippen molar-refractivity contribution in [2.75, 3.05) is 30.7 Å². The van der Waals surface area contributed by atoms with Crippen LogP contribution in [0.15, 0.2) is 18.2 Å². The molecular weight excluding hydrogens is 268 g/mol. The highest BCUT2D eigenvalue weighted by Crippen LogP contribution is 2.22. The Morgan fingerprint density at radius 3 is 2.57 bits per heavy atom. The van der Waals surface area contributed by atoms with Gasteiger partial charge in [0.2, 0.25) is 11.8 Å². The molecule has 114 valence electrons. The number of nitrogens with two attached hydrogens (primary N) is 2. The number of nitrogens with zero attached hydrogens (tertiary/aromatic N) is 1. The zero-order valence-electron chi connectivity index (χ0n) is 12.3. The summed E-state index contributed by atoms with van der Waals surface area (Å²) in [4.78, 5) is 25.2. The Morgan fingerprint density at radius 1 is 1.33 bits per heavy atom. The van der Waals surface area contributed by atoms with Gasteiger partial charge in [0.25, 0.3) is 0 Å². The first-order valence-corrected chi connectivity index (χ1v) is 7.14. The highest BCUT2D eigenvalue weighted by Gasteiger charge is 2.24. The van der Waals surface area contributed by atoms with Gasteiger partial charge in [-0.15, -0.1) is 0 Å². The molecule has 2 rings (SSSR count). The number of amides is 2. The smallest absolute Gasteiger partial charge is 0.238 e. The van der Waals surface area contributed by atoms with Crippen LogP contribution in [0, 0.1) is 12.8 Å². The van der Waals surface area contributed by atoms with Gasteiger partial charge < -0.3 is 16.8 Å². The fraction of sp³-hybridized carbons (Fsp3) is 0.467. The van der Waals surface area contributed by atoms with Crippen molar-refractivity contribution in [3.63, 3.8) is 0 Å². The third-order valence-corrected chi connectivity index (χ3v) is 3.93. The summed E-state index contributed by atoms with van der Waals surface area (Å²) in [5.74, 6) is -0.392. The Morgan fingerprint density at radius 2 is 2.00 bits per heavy atom. The van der Waals surface area contributed by atoms with Crippen LogP contribution in [0.4, 0.5) is 11.4 Å². The summed E-state index contributed by atoms with van der Waals surface area (Å²) in [5.41, 5.74) is 13.4. The Hall–Kier alpha value is -2.08. The van der Waals surface area contributed by atoms with Crippen molar-refractivity contribution in [1.82, 2.24) is 4.90 Å². The van der Waals surface area contributed by atoms with Crippen molar-refractivity contribution in [2.45, 2.75) is 19.8 Å². The number of aryl methyl sites for hydroxylation is 1. The molecule has 0 atom stereocenters. The molecule has 6 heteroatoms. The van der Waals surface area contributed by atoms with Crippen molar-refractivity contribution in [3.8, 4) is 0 Å². The second-order valence-corrected chi connectivity index (χ2v) is 5.54. The summed E-state index contributed by atoms with van der Waals surface area (Å²) in [7, 11) is 0. The quantitative estimate of drug-likeness (QED) is 0.711. The Balaban J connectivity index is 1.87. The molecule has 21 heavy (non-hydrogen) atoms. The number of carbonyl (C=O) groups excluding carboxylic acids is 2. The molecule has 1 aliphatic heterocycles. The van der Waals surface area contributed by atoms with Crippen LogP contribution >= 0.6 is 0 Å². The lowest BCUT2D eigenvalue weighted by Crippen LogP contribution is -2.42. The molecular formula is C15H22N4O2. The number of benzene rings is 1. The predicted molar refractivity (Wildman–Crippen MR) is 82.6 cm³/mol. The molecule has 0 unspecified atom stereocenters. The first kappa shape index (κ1) is 15.3. The largest absolute Gasteiger partial charge is 0.397 e. The SMILES string of the molecule is Cc1cccc(N)c1NC(=O)CN1CCC(C(N)=O)CC1. The average molecular weight is 290 g/mol. The van der Waals surface area contributed by atoms with Gasteiger partial charge >= 0.3 is 0 Å². The minimum absolute atomic E-state index is 0.0590. The van der Waals surface area contributed by atoms with Gasteiger partial charge in [-0.3, -0.25) is 14.5 Å². The van der Waals surface area contributed by atoms with Gasteiger partial charge in [0, 0.05) is 5.92 Å². The lowest BCUT2D eigenvalue weighted by atomic mass is 9.96. The van der Waals surface area contributed by atoms with Crippen LogP contribution in [0.25, 0.3) is 0 Å². The molecule has 0 aliphatic carbocycles. The second-order valence-electron chi connectivity index (χ2n) is 5.54. The lowest BCUT2D eigenvalue weighted by molar-refractivity contribution is -0.123. The Labute approximate surface area is 124 Å². The summed E-state index contributed by atoms with van der Waals surface area (Å²) in [6.07, 6.45) is 1.43. The van der Waals surface area contributed by atoms with E-state index < -0.39 is 0 Å². The molecule has 1 heterocycles. The Bertz CT molecular complexity index is 516. The predicted octanol–water partition coefficient (Wildman–Crippen LogP) is 0.713. The van der Waals surface area contributed by atoms with Crippen LogP contribution in [-0.2, 0) is 9.59 Å². The average Bonchev–Trinajstić information content (AvgIpc) is 2.43. The molecule has 1 fully saturated rings. The van der Waals surface area contributed by atoms with Gasteiger partial charge in [0.05, 0.1) is 17.9 Å². The number of anilines is 2. The van der Waals surface area contributed by atoms with Gasteiger partial charge in [-0.2, -0.15) is 0 Å². The maximum Gasteiger partial charge on any atom is 0.238 e. The third kappa shape index (κ3) is 3.95. The number of carbonyl (C=O) groups is 2. The molecule has 0 radical (unpaired) electrons. The van der Waals surface area contributed by atoms with Crippen molar-refractivity contribution in [2.24, 2.45) is 11.7 Å². The van der Waals surface area contributed by atoms with E-state index in [9.17, 15) is 9.59 Å². The number of hydrogen-bond acceptors (Lipinski definition) is 4. The van der Waals surface area contributed by atoms with Gasteiger partial charge in [0.1, 0.15) is 0 Å². The number of rotatable bonds is 4. The zero-order valence-corrected chi connectivity index (χ0v) is 12.3. The second kappa shape index (κ2) is 6.58. The maximum absolute atomic E-state index is 12.1. The van der Waals surface area contributed by atoms with Crippen LogP contribution in [0.5, 0.6) is 0 Å². The third-order valence-electron chi connectivity index (χ3n) is 3.93. The summed E-state index contributed by atoms with van der Waals surface area (Å²) in [6.45, 7) is 3.64. The van der Waals surface area contributed by atoms with Crippen molar-refractivity contribution in [3.05, 3.63) is 23.8 Å². The summed E-state index contributed by atoms with van der Waals surface area (Å²) in [6, 6.07) is 5.53. The van der Waals surface area contributed by atoms with Crippen molar-refractivity contribution < 1.29 is 9.59 Å². The standard InChI is InChI=1S/C15H22N4O2/c1-10-3-2-4-12(16)14(10)18-13(20)9-19-7-5-11(6-8-19)15(17)21/h2-4,11H,5-9,16H2,1H3,(H2,17,21)(H,18,20). The number of piperidine rings is 1. The minimum Gasteiger partial charge on any atom is -0.397 e. The van der Waals surface area contributed by atoms with E-state index in [1.807, 2.05) is 24.0 Å². The molecule has 0 bridgehead atoms. The molecule has 6 nitrogen and oxygen atoms in total. The first-order chi connectivity index (χ1) is 9.97. The maximum atomic E-state index is 12.1. The molecule has 1 saturated heterocycles. The van der Waals surface area contributed by atoms with E-state index in [4.69, 9.17) is 11.5 Å². The monoisotopic (exact) mass is 290 g/mol. The molecule has 1 aliphatic rings. The number of nitrogen functional groups attached to an aromatic ring is 1. The molecule has 0 saturated carbocycles. The summed E-state index contributed by atoms with van der Waals surface area (Å²) >= 11 is 0. The van der Waals surface area contributed by atoms with E-state index in [2.05, 4.69) is 5.32 Å². The molecule has 0 aromatic heterocycles. The number of primary amides is 1. The van der Waals surface area contributed by atoms with E-state index in [1.54, 1.807) is 6.07 Å². The fourth-order valence-corrected chi connectivity index (χ4v) is 2.62. The normalized spacial score (nSPS) is 16.6. The van der Waals surface area contributed by atoms with Gasteiger partial charge in [-0.05, 0) is 44.5 Å². The van der Waals surface area contributed by atoms with Crippen molar-refractivity contribution >= 4 is 23.2 Å². The molecule has 0 spiro atoms. The number of likely N-dealkylation sites (tertiary alicyclic amines) is 1. The molecule has 1 aromatic rings. The van der Waals surface area contributed by atoms with Gasteiger partial charge in [-0.25, -0.2) is 0 Å². The van der Waals surface area contributed by atoms with E-state index in [-0.39, 0.29) is 17.7 Å². The number of nitrogens with one attached hydrogen (secondary N) is 1. The van der Waals surface area contributed by atoms with E-state index in [1.165, 1.54) is 0 Å². The molecule has 5 N–H and O–H groups in total. The van der Waals surface area contributed by atoms with Crippen molar-refractivity contribution in [1.29, 1.82) is 0 Å². The van der Waals surface area contributed by atoms with Crippen LogP contribution in [0.2, 0.25) is 0 Å². The van der Waals surface area contributed by atoms with Crippen LogP contribution < -0.4 is 16.8 Å². The Kier molecular flexibility index (Phi) is 4.80. The van der Waals surface area contributed by atoms with Crippen LogP contribution in [-0.4, -0.2) is 36.3 Å². The van der Waals surface area contributed by atoms with E-state index >= 15 is 0 Å². The molecule has 1 aromatic carbocycles. The highest BCUT2D eigenvalue weighted by molar-refractivity contribution is 5.96. The minimum atomic E-state index is -0.244. The van der Waals surface area contributed by atoms with E-state index in [0.29, 0.717) is 31.0 Å². The number of hydrogen-bond donors (Lipinski definition) is 3. The molecule has 2 amide bonds. The highest BCUT2D eigenvalue weighted by atomic mass is 16.2. The van der Waals surface area contributed by atoms with Gasteiger partial charge in [0.15, 0.2) is 0 Å². The summed E-state index contributed by atoms with van der Waals surface area (Å²) in [5, 5.41) is 2.86. The zero-order chi connectivity index (χ0) is 15.4. The van der Waals surface area contributed by atoms with E-state index in [0.717, 1.165) is 18.4 Å². The van der Waals surface area contributed by atoms with Gasteiger partial charge in [-0.1, -0.05) is 12.1 Å². The van der Waals surface area contributed by atoms with Crippen LogP contribution in [0.1, 0.15) is 18.4 Å². The van der Waals surface area contributed by atoms with Crippen LogP contribution in [0.3, 0.4) is 0 Å². The fourth-order valence-electron chi connectivity index (χ4n) is 2.62. The summed E-state index contributed by atoms with van der Waals surface area (Å²) < 4.78 is 0. The topological polar surface area (TPSA) is 101 Å². The number of para-hydroxylation sites is 1. The first-order valence-electron chi connectivity index (χ1n) is 7.14.